The summed E-state index contributed by atoms with van der Waals surface area (Å²) in [7, 11) is 0. The Morgan fingerprint density at radius 3 is 2.63 bits per heavy atom. The summed E-state index contributed by atoms with van der Waals surface area (Å²) in [6.07, 6.45) is 1.69. The number of nitrogens with one attached hydrogen (secondary N) is 1. The molecule has 0 unspecified atom stereocenters. The number of aryl methyl sites for hydroxylation is 1. The Morgan fingerprint density at radius 2 is 1.93 bits per heavy atom. The molecule has 1 saturated heterocycles. The van der Waals surface area contributed by atoms with Crippen LogP contribution in [0.2, 0.25) is 0 Å². The molecule has 3 heterocycles. The summed E-state index contributed by atoms with van der Waals surface area (Å²) in [6.45, 7) is 9.88. The highest BCUT2D eigenvalue weighted by Crippen LogP contribution is 2.18. The van der Waals surface area contributed by atoms with Crippen LogP contribution < -0.4 is 5.32 Å². The maximum Gasteiger partial charge on any atom is 0.226 e. The van der Waals surface area contributed by atoms with Gasteiger partial charge in [0.1, 0.15) is 17.7 Å². The summed E-state index contributed by atoms with van der Waals surface area (Å²) in [5.74, 6) is 2.40. The van der Waals surface area contributed by atoms with Gasteiger partial charge in [0.25, 0.3) is 0 Å². The predicted octanol–water partition coefficient (Wildman–Crippen LogP) is 2.92. The number of aromatic nitrogens is 2. The van der Waals surface area contributed by atoms with E-state index in [1.807, 2.05) is 43.3 Å². The summed E-state index contributed by atoms with van der Waals surface area (Å²) in [5.41, 5.74) is 2.78. The van der Waals surface area contributed by atoms with Crippen LogP contribution in [0, 0.1) is 6.92 Å². The topological polar surface area (TPSA) is 82.9 Å². The number of hydrogen-bond acceptors (Lipinski definition) is 6. The molecule has 1 aliphatic rings. The van der Waals surface area contributed by atoms with Crippen molar-refractivity contribution in [2.75, 3.05) is 32.7 Å². The minimum atomic E-state index is 0.483. The Hall–Kier alpha value is -3.13. The second-order valence-corrected chi connectivity index (χ2v) is 7.37. The first kappa shape index (κ1) is 20.2. The van der Waals surface area contributed by atoms with Crippen LogP contribution in [-0.2, 0) is 13.1 Å². The largest absolute Gasteiger partial charge is 0.444 e. The van der Waals surface area contributed by atoms with Crippen molar-refractivity contribution in [1.82, 2.24) is 25.3 Å². The van der Waals surface area contributed by atoms with Crippen LogP contribution in [-0.4, -0.2) is 58.6 Å². The molecule has 1 aliphatic heterocycles. The average molecular weight is 409 g/mol. The van der Waals surface area contributed by atoms with Gasteiger partial charge in [0.05, 0.1) is 12.2 Å². The van der Waals surface area contributed by atoms with E-state index in [-0.39, 0.29) is 0 Å². The van der Waals surface area contributed by atoms with Gasteiger partial charge in [-0.2, -0.15) is 0 Å². The maximum absolute atomic E-state index is 5.63. The van der Waals surface area contributed by atoms with Gasteiger partial charge in [-0.1, -0.05) is 23.4 Å². The zero-order chi connectivity index (χ0) is 20.8. The first-order valence-corrected chi connectivity index (χ1v) is 10.4. The molecule has 0 spiro atoms. The number of guanidine groups is 1. The van der Waals surface area contributed by atoms with Gasteiger partial charge < -0.3 is 19.2 Å². The molecular weight excluding hydrogens is 380 g/mol. The lowest BCUT2D eigenvalue weighted by molar-refractivity contribution is 0.169. The Labute approximate surface area is 176 Å². The molecule has 1 aromatic carbocycles. The molecular formula is C22H28N6O2. The monoisotopic (exact) mass is 408 g/mol. The molecule has 0 radical (unpaired) electrons. The minimum absolute atomic E-state index is 0.483. The molecule has 0 bridgehead atoms. The molecule has 3 aromatic rings. The van der Waals surface area contributed by atoms with Crippen molar-refractivity contribution in [3.05, 3.63) is 59.8 Å². The zero-order valence-corrected chi connectivity index (χ0v) is 17.5. The van der Waals surface area contributed by atoms with Crippen molar-refractivity contribution in [2.24, 2.45) is 4.99 Å². The lowest BCUT2D eigenvalue weighted by atomic mass is 10.2. The van der Waals surface area contributed by atoms with Gasteiger partial charge in [-0.15, -0.1) is 0 Å². The molecule has 158 valence electrons. The van der Waals surface area contributed by atoms with Crippen molar-refractivity contribution in [3.63, 3.8) is 0 Å². The quantitative estimate of drug-likeness (QED) is 0.496. The third kappa shape index (κ3) is 5.07. The van der Waals surface area contributed by atoms with Crippen LogP contribution in [0.15, 0.2) is 56.6 Å². The fraction of sp³-hybridized carbons (Fsp3) is 0.409. The molecule has 0 saturated carbocycles. The fourth-order valence-electron chi connectivity index (χ4n) is 3.51. The van der Waals surface area contributed by atoms with Crippen molar-refractivity contribution in [3.8, 4) is 11.5 Å². The van der Waals surface area contributed by atoms with E-state index in [4.69, 9.17) is 13.9 Å². The highest BCUT2D eigenvalue weighted by molar-refractivity contribution is 5.80. The summed E-state index contributed by atoms with van der Waals surface area (Å²) in [5, 5.41) is 7.50. The number of piperazine rings is 1. The lowest BCUT2D eigenvalue weighted by Crippen LogP contribution is -2.52. The molecule has 4 rings (SSSR count). The van der Waals surface area contributed by atoms with E-state index in [9.17, 15) is 0 Å². The summed E-state index contributed by atoms with van der Waals surface area (Å²) >= 11 is 0. The number of aliphatic imine (C=N–C) groups is 1. The van der Waals surface area contributed by atoms with Crippen LogP contribution in [0.25, 0.3) is 11.5 Å². The zero-order valence-electron chi connectivity index (χ0n) is 17.5. The number of rotatable bonds is 6. The van der Waals surface area contributed by atoms with Gasteiger partial charge in [-0.3, -0.25) is 4.90 Å². The first-order valence-electron chi connectivity index (χ1n) is 10.4. The van der Waals surface area contributed by atoms with E-state index < -0.39 is 0 Å². The fourth-order valence-corrected chi connectivity index (χ4v) is 3.51. The van der Waals surface area contributed by atoms with Crippen LogP contribution in [0.3, 0.4) is 0 Å². The summed E-state index contributed by atoms with van der Waals surface area (Å²) < 4.78 is 10.8. The van der Waals surface area contributed by atoms with Crippen LogP contribution in [0.5, 0.6) is 0 Å². The molecule has 2 aromatic heterocycles. The second-order valence-electron chi connectivity index (χ2n) is 7.37. The average Bonchev–Trinajstić information content (AvgIpc) is 3.41. The molecule has 1 fully saturated rings. The standard InChI is InChI=1S/C22H28N6O2/c1-3-23-22(24-14-20-16-29-21(25-20)18-7-5-4-6-8-18)28-11-9-27(10-12-28)15-19-13-17(2)30-26-19/h4-8,13,16H,3,9-12,14-15H2,1-2H3,(H,23,24). The van der Waals surface area contributed by atoms with Gasteiger partial charge in [0, 0.05) is 50.9 Å². The molecule has 0 amide bonds. The number of nitrogens with zero attached hydrogens (tertiary/aromatic N) is 5. The van der Waals surface area contributed by atoms with Gasteiger partial charge >= 0.3 is 0 Å². The summed E-state index contributed by atoms with van der Waals surface area (Å²) in [4.78, 5) is 14.1. The maximum atomic E-state index is 5.63. The Kier molecular flexibility index (Phi) is 6.44. The third-order valence-corrected chi connectivity index (χ3v) is 5.03. The highest BCUT2D eigenvalue weighted by atomic mass is 16.5. The number of oxazole rings is 1. The minimum Gasteiger partial charge on any atom is -0.444 e. The van der Waals surface area contributed by atoms with Gasteiger partial charge in [-0.25, -0.2) is 9.98 Å². The van der Waals surface area contributed by atoms with Crippen molar-refractivity contribution in [2.45, 2.75) is 26.9 Å². The molecule has 0 atom stereocenters. The van der Waals surface area contributed by atoms with Gasteiger partial charge in [-0.05, 0) is 26.0 Å². The highest BCUT2D eigenvalue weighted by Gasteiger charge is 2.20. The number of hydrogen-bond donors (Lipinski definition) is 1. The third-order valence-electron chi connectivity index (χ3n) is 5.03. The predicted molar refractivity (Wildman–Crippen MR) is 115 cm³/mol. The first-order chi connectivity index (χ1) is 14.7. The molecule has 0 aliphatic carbocycles. The molecule has 30 heavy (non-hydrogen) atoms. The Bertz CT molecular complexity index is 957. The van der Waals surface area contributed by atoms with E-state index in [2.05, 4.69) is 32.2 Å². The second kappa shape index (κ2) is 9.58. The smallest absolute Gasteiger partial charge is 0.226 e. The Morgan fingerprint density at radius 1 is 1.13 bits per heavy atom. The van der Waals surface area contributed by atoms with E-state index in [0.717, 1.165) is 67.9 Å². The van der Waals surface area contributed by atoms with Crippen molar-refractivity contribution in [1.29, 1.82) is 0 Å². The van der Waals surface area contributed by atoms with Crippen LogP contribution in [0.4, 0.5) is 0 Å². The van der Waals surface area contributed by atoms with E-state index in [1.165, 1.54) is 0 Å². The van der Waals surface area contributed by atoms with E-state index >= 15 is 0 Å². The Balaban J connectivity index is 1.34. The van der Waals surface area contributed by atoms with Crippen molar-refractivity contribution >= 4 is 5.96 Å². The van der Waals surface area contributed by atoms with Gasteiger partial charge in [0.2, 0.25) is 5.89 Å². The van der Waals surface area contributed by atoms with E-state index in [1.54, 1.807) is 6.26 Å². The van der Waals surface area contributed by atoms with Gasteiger partial charge in [0.15, 0.2) is 5.96 Å². The normalized spacial score (nSPS) is 15.5. The lowest BCUT2D eigenvalue weighted by Gasteiger charge is -2.36. The number of benzene rings is 1. The molecule has 1 N–H and O–H groups in total. The molecule has 8 nitrogen and oxygen atoms in total. The van der Waals surface area contributed by atoms with Crippen molar-refractivity contribution < 1.29 is 8.94 Å². The van der Waals surface area contributed by atoms with Crippen LogP contribution in [0.1, 0.15) is 24.1 Å². The summed E-state index contributed by atoms with van der Waals surface area (Å²) in [6, 6.07) is 11.9. The van der Waals surface area contributed by atoms with Crippen LogP contribution >= 0.6 is 0 Å². The SMILES string of the molecule is CCNC(=NCc1coc(-c2ccccc2)n1)N1CCN(Cc2cc(C)on2)CC1. The molecule has 8 heteroatoms. The van der Waals surface area contributed by atoms with E-state index in [0.29, 0.717) is 12.4 Å².